The SMILES string of the molecule is CC(CCc1cccc2c1NC(=CC=C1NC(=S)N(c3ccccc3)C1=O)O2)S(=O)(=O)O. The molecule has 2 aromatic rings. The third-order valence-corrected chi connectivity index (χ3v) is 6.74. The Kier molecular flexibility index (Phi) is 6.00. The highest BCUT2D eigenvalue weighted by Gasteiger charge is 2.31. The molecule has 1 unspecified atom stereocenters. The molecule has 4 rings (SSSR count). The minimum atomic E-state index is -4.07. The van der Waals surface area contributed by atoms with Gasteiger partial charge in [0, 0.05) is 6.08 Å². The van der Waals surface area contributed by atoms with Gasteiger partial charge in [-0.1, -0.05) is 30.3 Å². The van der Waals surface area contributed by atoms with Crippen LogP contribution in [-0.4, -0.2) is 29.2 Å². The number of carbonyl (C=O) groups excluding carboxylic acids is 1. The van der Waals surface area contributed by atoms with E-state index in [1.807, 2.05) is 30.3 Å². The number of rotatable bonds is 6. The van der Waals surface area contributed by atoms with Crippen LogP contribution in [0, 0.1) is 0 Å². The minimum Gasteiger partial charge on any atom is -0.439 e. The van der Waals surface area contributed by atoms with Crippen molar-refractivity contribution in [3.05, 3.63) is 77.8 Å². The van der Waals surface area contributed by atoms with E-state index >= 15 is 0 Å². The van der Waals surface area contributed by atoms with E-state index in [0.29, 0.717) is 34.6 Å². The van der Waals surface area contributed by atoms with Crippen molar-refractivity contribution in [2.75, 3.05) is 10.2 Å². The number of thiocarbonyl (C=S) groups is 1. The zero-order valence-corrected chi connectivity index (χ0v) is 18.7. The van der Waals surface area contributed by atoms with E-state index in [1.165, 1.54) is 11.8 Å². The molecule has 1 atom stereocenters. The Balaban J connectivity index is 1.48. The fourth-order valence-corrected chi connectivity index (χ4v) is 4.10. The van der Waals surface area contributed by atoms with Crippen molar-refractivity contribution in [3.63, 3.8) is 0 Å². The largest absolute Gasteiger partial charge is 0.439 e. The van der Waals surface area contributed by atoms with Gasteiger partial charge in [-0.05, 0) is 61.8 Å². The molecule has 0 aliphatic carbocycles. The van der Waals surface area contributed by atoms with Gasteiger partial charge in [0.25, 0.3) is 16.0 Å². The third kappa shape index (κ3) is 4.52. The fourth-order valence-electron chi connectivity index (χ4n) is 3.38. The van der Waals surface area contributed by atoms with Gasteiger partial charge in [-0.3, -0.25) is 14.2 Å². The molecule has 2 aliphatic heterocycles. The standard InChI is InChI=1S/C22H21N3O5S2/c1-14(32(27,28)29)10-11-15-6-5-9-18-20(15)24-19(30-18)13-12-17-21(26)25(22(31)23-17)16-7-3-2-4-8-16/h2-9,12-14,24H,10-11H2,1H3,(H,23,31)(H,27,28,29). The molecule has 3 N–H and O–H groups in total. The quantitative estimate of drug-likeness (QED) is 0.335. The first-order valence-electron chi connectivity index (χ1n) is 9.89. The van der Waals surface area contributed by atoms with E-state index in [9.17, 15) is 17.8 Å². The van der Waals surface area contributed by atoms with Crippen molar-refractivity contribution < 1.29 is 22.5 Å². The topological polar surface area (TPSA) is 108 Å². The summed E-state index contributed by atoms with van der Waals surface area (Å²) in [5.74, 6) is 0.744. The summed E-state index contributed by atoms with van der Waals surface area (Å²) in [6, 6.07) is 14.6. The van der Waals surface area contributed by atoms with Crippen LogP contribution < -0.4 is 20.3 Å². The maximum atomic E-state index is 12.8. The van der Waals surface area contributed by atoms with E-state index in [4.69, 9.17) is 17.0 Å². The van der Waals surface area contributed by atoms with Gasteiger partial charge in [-0.25, -0.2) is 0 Å². The maximum Gasteiger partial charge on any atom is 0.281 e. The summed E-state index contributed by atoms with van der Waals surface area (Å²) < 4.78 is 37.5. The van der Waals surface area contributed by atoms with Gasteiger partial charge in [0.15, 0.2) is 16.7 Å². The van der Waals surface area contributed by atoms with E-state index in [0.717, 1.165) is 11.3 Å². The van der Waals surface area contributed by atoms with Crippen molar-refractivity contribution in [2.45, 2.75) is 25.0 Å². The van der Waals surface area contributed by atoms with Crippen molar-refractivity contribution in [1.82, 2.24) is 5.32 Å². The molecule has 1 amide bonds. The van der Waals surface area contributed by atoms with Crippen LogP contribution in [-0.2, 0) is 21.3 Å². The second kappa shape index (κ2) is 8.73. The van der Waals surface area contributed by atoms with Gasteiger partial charge < -0.3 is 15.4 Å². The Labute approximate surface area is 191 Å². The average molecular weight is 472 g/mol. The molecule has 166 valence electrons. The second-order valence-corrected chi connectivity index (χ2v) is 9.62. The molecule has 1 fully saturated rings. The molecule has 0 spiro atoms. The first-order valence-corrected chi connectivity index (χ1v) is 11.8. The van der Waals surface area contributed by atoms with E-state index in [-0.39, 0.29) is 12.3 Å². The normalized spacial score (nSPS) is 19.0. The van der Waals surface area contributed by atoms with Crippen LogP contribution >= 0.6 is 12.2 Å². The number of amides is 1. The number of nitrogens with zero attached hydrogens (tertiary/aromatic N) is 1. The second-order valence-electron chi connectivity index (χ2n) is 7.40. The Hall–Kier alpha value is -3.21. The van der Waals surface area contributed by atoms with Crippen molar-refractivity contribution in [3.8, 4) is 5.75 Å². The summed E-state index contributed by atoms with van der Waals surface area (Å²) in [6.45, 7) is 1.47. The number of aryl methyl sites for hydroxylation is 1. The number of hydrogen-bond donors (Lipinski definition) is 3. The lowest BCUT2D eigenvalue weighted by molar-refractivity contribution is -0.113. The molecule has 32 heavy (non-hydrogen) atoms. The minimum absolute atomic E-state index is 0.269. The number of anilines is 2. The van der Waals surface area contributed by atoms with Crippen LogP contribution in [0.15, 0.2) is 72.3 Å². The van der Waals surface area contributed by atoms with Crippen LogP contribution in [0.2, 0.25) is 0 Å². The lowest BCUT2D eigenvalue weighted by atomic mass is 10.1. The summed E-state index contributed by atoms with van der Waals surface area (Å²) in [6.07, 6.45) is 3.92. The third-order valence-electron chi connectivity index (χ3n) is 5.20. The van der Waals surface area contributed by atoms with Crippen molar-refractivity contribution in [2.24, 2.45) is 0 Å². The highest BCUT2D eigenvalue weighted by molar-refractivity contribution is 7.86. The molecule has 0 radical (unpaired) electrons. The van der Waals surface area contributed by atoms with Gasteiger partial charge >= 0.3 is 0 Å². The molecule has 0 bridgehead atoms. The number of benzene rings is 2. The van der Waals surface area contributed by atoms with Crippen LogP contribution in [0.1, 0.15) is 18.9 Å². The molecule has 2 aromatic carbocycles. The van der Waals surface area contributed by atoms with Crippen LogP contribution in [0.5, 0.6) is 5.75 Å². The van der Waals surface area contributed by atoms with Gasteiger partial charge in [-0.2, -0.15) is 8.42 Å². The zero-order valence-electron chi connectivity index (χ0n) is 17.1. The molecule has 0 saturated carbocycles. The summed E-state index contributed by atoms with van der Waals surface area (Å²) in [4.78, 5) is 14.2. The van der Waals surface area contributed by atoms with Gasteiger partial charge in [0.05, 0.1) is 16.6 Å². The predicted molar refractivity (Wildman–Crippen MR) is 126 cm³/mol. The Morgan fingerprint density at radius 2 is 1.88 bits per heavy atom. The number of ether oxygens (including phenoxy) is 1. The first kappa shape index (κ1) is 22.0. The summed E-state index contributed by atoms with van der Waals surface area (Å²) in [5, 5.41) is 5.50. The number of nitrogens with one attached hydrogen (secondary N) is 2. The van der Waals surface area contributed by atoms with Crippen molar-refractivity contribution in [1.29, 1.82) is 0 Å². The Morgan fingerprint density at radius 3 is 2.59 bits per heavy atom. The smallest absolute Gasteiger partial charge is 0.281 e. The number of hydrogen-bond acceptors (Lipinski definition) is 6. The highest BCUT2D eigenvalue weighted by atomic mass is 32.2. The molecule has 2 heterocycles. The molecule has 8 nitrogen and oxygen atoms in total. The monoisotopic (exact) mass is 471 g/mol. The Bertz CT molecular complexity index is 1240. The number of carbonyl (C=O) groups is 1. The maximum absolute atomic E-state index is 12.8. The molecule has 1 saturated heterocycles. The molecule has 10 heteroatoms. The fraction of sp³-hybridized carbons (Fsp3) is 0.182. The average Bonchev–Trinajstić information content (AvgIpc) is 3.30. The lowest BCUT2D eigenvalue weighted by Crippen LogP contribution is -2.30. The van der Waals surface area contributed by atoms with Crippen LogP contribution in [0.25, 0.3) is 0 Å². The predicted octanol–water partition coefficient (Wildman–Crippen LogP) is 3.35. The summed E-state index contributed by atoms with van der Waals surface area (Å²) >= 11 is 5.30. The molecular weight excluding hydrogens is 450 g/mol. The first-order chi connectivity index (χ1) is 15.2. The van der Waals surface area contributed by atoms with Crippen molar-refractivity contribution >= 4 is 44.7 Å². The van der Waals surface area contributed by atoms with Gasteiger partial charge in [-0.15, -0.1) is 0 Å². The number of allylic oxidation sites excluding steroid dienone is 2. The van der Waals surface area contributed by atoms with Gasteiger partial charge in [0.2, 0.25) is 0 Å². The molecular formula is C22H21N3O5S2. The zero-order chi connectivity index (χ0) is 22.9. The Morgan fingerprint density at radius 1 is 1.12 bits per heavy atom. The number of para-hydroxylation sites is 2. The van der Waals surface area contributed by atoms with Crippen LogP contribution in [0.3, 0.4) is 0 Å². The van der Waals surface area contributed by atoms with E-state index < -0.39 is 15.4 Å². The highest BCUT2D eigenvalue weighted by Crippen LogP contribution is 2.37. The van der Waals surface area contributed by atoms with E-state index in [2.05, 4.69) is 10.6 Å². The van der Waals surface area contributed by atoms with Gasteiger partial charge in [0.1, 0.15) is 5.70 Å². The molecule has 2 aliphatic rings. The van der Waals surface area contributed by atoms with Crippen LogP contribution in [0.4, 0.5) is 11.4 Å². The summed E-state index contributed by atoms with van der Waals surface area (Å²) in [5.41, 5.74) is 2.58. The van der Waals surface area contributed by atoms with E-state index in [1.54, 1.807) is 30.4 Å². The lowest BCUT2D eigenvalue weighted by Gasteiger charge is -2.13. The molecule has 0 aromatic heterocycles. The number of fused-ring (bicyclic) bond motifs is 1. The summed E-state index contributed by atoms with van der Waals surface area (Å²) in [7, 11) is -4.07.